The van der Waals surface area contributed by atoms with Gasteiger partial charge < -0.3 is 9.52 Å². The van der Waals surface area contributed by atoms with E-state index in [1.54, 1.807) is 6.07 Å². The average Bonchev–Trinajstić information content (AvgIpc) is 2.68. The Kier molecular flexibility index (Phi) is 5.23. The van der Waals surface area contributed by atoms with Gasteiger partial charge in [0.2, 0.25) is 0 Å². The Hall–Kier alpha value is -2.59. The number of rotatable bonds is 4. The van der Waals surface area contributed by atoms with Crippen molar-refractivity contribution in [3.63, 3.8) is 0 Å². The average molecular weight is 377 g/mol. The monoisotopic (exact) mass is 377 g/mol. The van der Waals surface area contributed by atoms with Crippen molar-refractivity contribution in [1.82, 2.24) is 4.90 Å². The van der Waals surface area contributed by atoms with Gasteiger partial charge in [-0.1, -0.05) is 37.3 Å². The Balaban J connectivity index is 1.75. The zero-order valence-corrected chi connectivity index (χ0v) is 16.6. The van der Waals surface area contributed by atoms with Crippen molar-refractivity contribution in [2.75, 3.05) is 13.1 Å². The summed E-state index contributed by atoms with van der Waals surface area (Å²) in [6, 6.07) is 13.5. The lowest BCUT2D eigenvalue weighted by molar-refractivity contribution is 0.175. The highest BCUT2D eigenvalue weighted by molar-refractivity contribution is 5.85. The maximum absolute atomic E-state index is 12.8. The van der Waals surface area contributed by atoms with Crippen molar-refractivity contribution in [2.45, 2.75) is 39.7 Å². The van der Waals surface area contributed by atoms with Crippen LogP contribution in [0.2, 0.25) is 0 Å². The van der Waals surface area contributed by atoms with Gasteiger partial charge in [0.05, 0.1) is 5.56 Å². The summed E-state index contributed by atoms with van der Waals surface area (Å²) < 4.78 is 5.78. The minimum Gasteiger partial charge on any atom is -0.507 e. The molecule has 1 aliphatic rings. The molecule has 2 heterocycles. The molecule has 0 bridgehead atoms. The molecule has 1 aromatic heterocycles. The molecule has 0 radical (unpaired) electrons. The summed E-state index contributed by atoms with van der Waals surface area (Å²) in [6.45, 7) is 6.85. The van der Waals surface area contributed by atoms with E-state index in [2.05, 4.69) is 11.8 Å². The minimum atomic E-state index is -0.312. The molecule has 146 valence electrons. The summed E-state index contributed by atoms with van der Waals surface area (Å²) in [7, 11) is 0. The van der Waals surface area contributed by atoms with Crippen LogP contribution in [0.25, 0.3) is 11.0 Å². The number of hydrogen-bond acceptors (Lipinski definition) is 4. The lowest BCUT2D eigenvalue weighted by Crippen LogP contribution is -2.33. The molecule has 0 spiro atoms. The number of likely N-dealkylation sites (tertiary alicyclic amines) is 1. The Labute approximate surface area is 165 Å². The predicted octanol–water partition coefficient (Wildman–Crippen LogP) is 4.63. The first-order valence-electron chi connectivity index (χ1n) is 10.1. The number of fused-ring (bicyclic) bond motifs is 1. The van der Waals surface area contributed by atoms with E-state index in [4.69, 9.17) is 4.42 Å². The molecular weight excluding hydrogens is 350 g/mol. The summed E-state index contributed by atoms with van der Waals surface area (Å²) in [5.74, 6) is 0.848. The van der Waals surface area contributed by atoms with Crippen LogP contribution in [0.4, 0.5) is 0 Å². The summed E-state index contributed by atoms with van der Waals surface area (Å²) in [6.07, 6.45) is 2.96. The molecule has 3 aromatic rings. The quantitative estimate of drug-likeness (QED) is 0.674. The SMILES string of the molecule is Cc1c(Cc2ccccc2)c(=O)oc2c(CN3CCC[C@@H](C)C3)c(O)ccc12. The summed E-state index contributed by atoms with van der Waals surface area (Å²) >= 11 is 0. The number of aryl methyl sites for hydroxylation is 1. The van der Waals surface area contributed by atoms with Crippen LogP contribution in [0.5, 0.6) is 5.75 Å². The third-order valence-corrected chi connectivity index (χ3v) is 5.88. The number of phenolic OH excluding ortho intramolecular Hbond substituents is 1. The van der Waals surface area contributed by atoms with Crippen molar-refractivity contribution in [2.24, 2.45) is 5.92 Å². The summed E-state index contributed by atoms with van der Waals surface area (Å²) in [5.41, 5.74) is 3.63. The second kappa shape index (κ2) is 7.80. The van der Waals surface area contributed by atoms with Gasteiger partial charge in [0.1, 0.15) is 11.3 Å². The smallest absolute Gasteiger partial charge is 0.340 e. The fraction of sp³-hybridized carbons (Fsp3) is 0.375. The number of phenols is 1. The first-order valence-corrected chi connectivity index (χ1v) is 10.1. The number of piperidine rings is 1. The fourth-order valence-electron chi connectivity index (χ4n) is 4.31. The first-order chi connectivity index (χ1) is 13.5. The lowest BCUT2D eigenvalue weighted by atomic mass is 9.97. The maximum Gasteiger partial charge on any atom is 0.340 e. The standard InChI is InChI=1S/C24H27NO3/c1-16-7-6-12-25(14-16)15-21-22(26)11-10-19-17(2)20(24(27)28-23(19)21)13-18-8-4-3-5-9-18/h3-5,8-11,16,26H,6-7,12-15H2,1-2H3/t16-/m1/s1. The molecule has 1 atom stereocenters. The molecular formula is C24H27NO3. The van der Waals surface area contributed by atoms with Gasteiger partial charge in [-0.05, 0) is 55.5 Å². The van der Waals surface area contributed by atoms with E-state index in [0.717, 1.165) is 41.6 Å². The van der Waals surface area contributed by atoms with Crippen LogP contribution >= 0.6 is 0 Å². The highest BCUT2D eigenvalue weighted by atomic mass is 16.4. The Bertz CT molecular complexity index is 1040. The topological polar surface area (TPSA) is 53.7 Å². The van der Waals surface area contributed by atoms with Crippen LogP contribution in [0, 0.1) is 12.8 Å². The van der Waals surface area contributed by atoms with Crippen LogP contribution in [0.15, 0.2) is 51.7 Å². The van der Waals surface area contributed by atoms with Gasteiger partial charge in [-0.2, -0.15) is 0 Å². The lowest BCUT2D eigenvalue weighted by Gasteiger charge is -2.31. The zero-order valence-electron chi connectivity index (χ0n) is 16.6. The van der Waals surface area contributed by atoms with Crippen LogP contribution < -0.4 is 5.63 Å². The number of hydrogen-bond donors (Lipinski definition) is 1. The van der Waals surface area contributed by atoms with Crippen LogP contribution in [-0.4, -0.2) is 23.1 Å². The summed E-state index contributed by atoms with van der Waals surface area (Å²) in [4.78, 5) is 15.1. The van der Waals surface area contributed by atoms with Gasteiger partial charge in [0.15, 0.2) is 0 Å². The highest BCUT2D eigenvalue weighted by Crippen LogP contribution is 2.32. The number of aromatic hydroxyl groups is 1. The third-order valence-electron chi connectivity index (χ3n) is 5.88. The van der Waals surface area contributed by atoms with Gasteiger partial charge in [-0.25, -0.2) is 4.79 Å². The summed E-state index contributed by atoms with van der Waals surface area (Å²) in [5, 5.41) is 11.4. The molecule has 0 saturated carbocycles. The molecule has 2 aromatic carbocycles. The highest BCUT2D eigenvalue weighted by Gasteiger charge is 2.21. The van der Waals surface area contributed by atoms with E-state index in [1.165, 1.54) is 6.42 Å². The Morgan fingerprint density at radius 2 is 1.93 bits per heavy atom. The van der Waals surface area contributed by atoms with Gasteiger partial charge >= 0.3 is 5.63 Å². The van der Waals surface area contributed by atoms with E-state index in [9.17, 15) is 9.90 Å². The van der Waals surface area contributed by atoms with Crippen LogP contribution in [-0.2, 0) is 13.0 Å². The first kappa shape index (κ1) is 18.8. The van der Waals surface area contributed by atoms with Gasteiger partial charge in [0, 0.05) is 30.5 Å². The van der Waals surface area contributed by atoms with Crippen molar-refractivity contribution in [1.29, 1.82) is 0 Å². The molecule has 0 aliphatic carbocycles. The van der Waals surface area contributed by atoms with Crippen LogP contribution in [0.1, 0.15) is 42.0 Å². The van der Waals surface area contributed by atoms with E-state index < -0.39 is 0 Å². The Morgan fingerprint density at radius 1 is 1.14 bits per heavy atom. The molecule has 1 aliphatic heterocycles. The molecule has 28 heavy (non-hydrogen) atoms. The predicted molar refractivity (Wildman–Crippen MR) is 112 cm³/mol. The van der Waals surface area contributed by atoms with Crippen molar-refractivity contribution >= 4 is 11.0 Å². The van der Waals surface area contributed by atoms with E-state index in [1.807, 2.05) is 43.3 Å². The third kappa shape index (κ3) is 3.69. The molecule has 1 saturated heterocycles. The van der Waals surface area contributed by atoms with Crippen LogP contribution in [0.3, 0.4) is 0 Å². The van der Waals surface area contributed by atoms with Gasteiger partial charge in [0.25, 0.3) is 0 Å². The normalized spacial score (nSPS) is 17.9. The largest absolute Gasteiger partial charge is 0.507 e. The van der Waals surface area contributed by atoms with E-state index >= 15 is 0 Å². The van der Waals surface area contributed by atoms with Crippen molar-refractivity contribution in [3.8, 4) is 5.75 Å². The van der Waals surface area contributed by atoms with E-state index in [0.29, 0.717) is 30.0 Å². The number of benzene rings is 2. The fourth-order valence-corrected chi connectivity index (χ4v) is 4.31. The molecule has 1 fully saturated rings. The van der Waals surface area contributed by atoms with Crippen molar-refractivity contribution < 1.29 is 9.52 Å². The molecule has 4 heteroatoms. The second-order valence-electron chi connectivity index (χ2n) is 8.08. The number of nitrogens with zero attached hydrogens (tertiary/aromatic N) is 1. The zero-order chi connectivity index (χ0) is 19.7. The van der Waals surface area contributed by atoms with Crippen molar-refractivity contribution in [3.05, 3.63) is 75.1 Å². The molecule has 0 unspecified atom stereocenters. The maximum atomic E-state index is 12.8. The molecule has 4 rings (SSSR count). The second-order valence-corrected chi connectivity index (χ2v) is 8.08. The van der Waals surface area contributed by atoms with E-state index in [-0.39, 0.29) is 11.4 Å². The molecule has 4 nitrogen and oxygen atoms in total. The van der Waals surface area contributed by atoms with Gasteiger partial charge in [-0.3, -0.25) is 4.90 Å². The Morgan fingerprint density at radius 3 is 2.68 bits per heavy atom. The molecule has 1 N–H and O–H groups in total. The minimum absolute atomic E-state index is 0.198. The molecule has 0 amide bonds. The van der Waals surface area contributed by atoms with Gasteiger partial charge in [-0.15, -0.1) is 0 Å².